The first-order valence-electron chi connectivity index (χ1n) is 5.45. The van der Waals surface area contributed by atoms with Crippen LogP contribution in [0.3, 0.4) is 0 Å². The molecule has 0 spiro atoms. The van der Waals surface area contributed by atoms with Crippen LogP contribution in [-0.4, -0.2) is 15.0 Å². The van der Waals surface area contributed by atoms with E-state index in [9.17, 15) is 0 Å². The zero-order chi connectivity index (χ0) is 11.8. The molecule has 3 rings (SSSR count). The first kappa shape index (κ1) is 11.0. The van der Waals surface area contributed by atoms with Crippen LogP contribution in [0.1, 0.15) is 30.1 Å². The molecule has 1 aliphatic carbocycles. The molecule has 2 N–H and O–H groups in total. The maximum absolute atomic E-state index is 5.93. The van der Waals surface area contributed by atoms with E-state index in [1.807, 2.05) is 12.3 Å². The number of nitrogens with zero attached hydrogens (tertiary/aromatic N) is 3. The molecule has 1 saturated carbocycles. The molecule has 0 aliphatic heterocycles. The highest BCUT2D eigenvalue weighted by molar-refractivity contribution is 8.01. The number of rotatable bonds is 3. The number of hydrogen-bond acceptors (Lipinski definition) is 6. The highest BCUT2D eigenvalue weighted by atomic mass is 32.2. The lowest BCUT2D eigenvalue weighted by molar-refractivity contribution is 0.868. The summed E-state index contributed by atoms with van der Waals surface area (Å²) in [5.74, 6) is 2.02. The van der Waals surface area contributed by atoms with Gasteiger partial charge >= 0.3 is 0 Å². The fraction of sp³-hybridized carbons (Fsp3) is 0.364. The molecule has 6 heteroatoms. The summed E-state index contributed by atoms with van der Waals surface area (Å²) in [6, 6.07) is 0. The van der Waals surface area contributed by atoms with Gasteiger partial charge in [0.1, 0.15) is 16.7 Å². The third-order valence-corrected chi connectivity index (χ3v) is 4.67. The molecule has 0 aromatic carbocycles. The Morgan fingerprint density at radius 1 is 1.41 bits per heavy atom. The van der Waals surface area contributed by atoms with Gasteiger partial charge in [0.2, 0.25) is 0 Å². The van der Waals surface area contributed by atoms with Crippen LogP contribution in [0, 0.1) is 6.92 Å². The summed E-state index contributed by atoms with van der Waals surface area (Å²) in [5.41, 5.74) is 6.89. The predicted octanol–water partition coefficient (Wildman–Crippen LogP) is 2.85. The maximum Gasteiger partial charge on any atom is 0.156 e. The van der Waals surface area contributed by atoms with Crippen LogP contribution in [-0.2, 0) is 0 Å². The molecule has 1 fully saturated rings. The Morgan fingerprint density at radius 3 is 2.88 bits per heavy atom. The Hall–Kier alpha value is -1.14. The lowest BCUT2D eigenvalue weighted by Crippen LogP contribution is -2.03. The quantitative estimate of drug-likeness (QED) is 0.864. The number of anilines is 1. The Bertz CT molecular complexity index is 535. The Morgan fingerprint density at radius 2 is 2.24 bits per heavy atom. The van der Waals surface area contributed by atoms with Gasteiger partial charge in [0.15, 0.2) is 4.34 Å². The second kappa shape index (κ2) is 4.27. The van der Waals surface area contributed by atoms with Gasteiger partial charge in [0.25, 0.3) is 0 Å². The summed E-state index contributed by atoms with van der Waals surface area (Å²) in [5, 5.41) is 2.90. The molecule has 0 atom stereocenters. The fourth-order valence-corrected chi connectivity index (χ4v) is 3.13. The second-order valence-corrected chi connectivity index (χ2v) is 6.20. The van der Waals surface area contributed by atoms with Crippen molar-refractivity contribution in [2.75, 3.05) is 5.73 Å². The van der Waals surface area contributed by atoms with E-state index >= 15 is 0 Å². The average molecular weight is 264 g/mol. The lowest BCUT2D eigenvalue weighted by atomic mass is 10.3. The SMILES string of the molecule is Cc1c(N)nc(C2CC2)nc1Sc1nccs1. The van der Waals surface area contributed by atoms with Gasteiger partial charge in [-0.25, -0.2) is 15.0 Å². The minimum absolute atomic E-state index is 0.522. The van der Waals surface area contributed by atoms with Crippen LogP contribution < -0.4 is 5.73 Å². The Balaban J connectivity index is 1.96. The second-order valence-electron chi connectivity index (χ2n) is 4.07. The molecule has 0 radical (unpaired) electrons. The van der Waals surface area contributed by atoms with Gasteiger partial charge in [0, 0.05) is 23.1 Å². The molecular weight excluding hydrogens is 252 g/mol. The standard InChI is InChI=1S/C11H12N4S2/c1-6-8(12)14-9(7-2-3-7)15-10(6)17-11-13-4-5-16-11/h4-5,7H,2-3H2,1H3,(H2,12,14,15). The first-order chi connectivity index (χ1) is 8.24. The smallest absolute Gasteiger partial charge is 0.156 e. The van der Waals surface area contributed by atoms with Crippen molar-refractivity contribution in [1.29, 1.82) is 0 Å². The van der Waals surface area contributed by atoms with Crippen LogP contribution in [0.15, 0.2) is 20.9 Å². The van der Waals surface area contributed by atoms with Gasteiger partial charge in [-0.3, -0.25) is 0 Å². The highest BCUT2D eigenvalue weighted by Crippen LogP contribution is 2.40. The van der Waals surface area contributed by atoms with Gasteiger partial charge in [0.05, 0.1) is 0 Å². The minimum Gasteiger partial charge on any atom is -0.383 e. The number of aromatic nitrogens is 3. The monoisotopic (exact) mass is 264 g/mol. The molecule has 0 bridgehead atoms. The van der Waals surface area contributed by atoms with E-state index < -0.39 is 0 Å². The topological polar surface area (TPSA) is 64.7 Å². The molecule has 0 saturated heterocycles. The zero-order valence-electron chi connectivity index (χ0n) is 9.38. The van der Waals surface area contributed by atoms with E-state index in [1.165, 1.54) is 12.8 Å². The Kier molecular flexibility index (Phi) is 2.76. The van der Waals surface area contributed by atoms with Crippen LogP contribution >= 0.6 is 23.1 Å². The van der Waals surface area contributed by atoms with Crippen molar-refractivity contribution < 1.29 is 0 Å². The number of thiazole rings is 1. The van der Waals surface area contributed by atoms with Crippen molar-refractivity contribution in [2.45, 2.75) is 35.0 Å². The van der Waals surface area contributed by atoms with E-state index in [0.29, 0.717) is 11.7 Å². The van der Waals surface area contributed by atoms with E-state index in [0.717, 1.165) is 20.8 Å². The van der Waals surface area contributed by atoms with E-state index in [-0.39, 0.29) is 0 Å². The van der Waals surface area contributed by atoms with Crippen molar-refractivity contribution in [3.63, 3.8) is 0 Å². The Labute approximate surface area is 108 Å². The van der Waals surface area contributed by atoms with Gasteiger partial charge < -0.3 is 5.73 Å². The molecule has 0 amide bonds. The van der Waals surface area contributed by atoms with Crippen LogP contribution in [0.25, 0.3) is 0 Å². The number of nitrogens with two attached hydrogens (primary N) is 1. The zero-order valence-corrected chi connectivity index (χ0v) is 11.0. The summed E-state index contributed by atoms with van der Waals surface area (Å²) < 4.78 is 0.993. The van der Waals surface area contributed by atoms with Gasteiger partial charge in [-0.1, -0.05) is 0 Å². The molecule has 2 aromatic rings. The molecule has 17 heavy (non-hydrogen) atoms. The third kappa shape index (κ3) is 2.28. The van der Waals surface area contributed by atoms with Gasteiger partial charge in [-0.2, -0.15) is 0 Å². The molecular formula is C11H12N4S2. The molecule has 1 aliphatic rings. The first-order valence-corrected chi connectivity index (χ1v) is 7.15. The number of hydrogen-bond donors (Lipinski definition) is 1. The van der Waals surface area contributed by atoms with E-state index in [1.54, 1.807) is 29.3 Å². The molecule has 2 heterocycles. The summed E-state index contributed by atoms with van der Waals surface area (Å²) in [6.07, 6.45) is 4.17. The fourth-order valence-electron chi connectivity index (χ4n) is 1.50. The summed E-state index contributed by atoms with van der Waals surface area (Å²) in [6.45, 7) is 1.96. The average Bonchev–Trinajstić information content (AvgIpc) is 3.04. The van der Waals surface area contributed by atoms with Crippen LogP contribution in [0.2, 0.25) is 0 Å². The van der Waals surface area contributed by atoms with E-state index in [4.69, 9.17) is 5.73 Å². The van der Waals surface area contributed by atoms with Crippen molar-refractivity contribution in [1.82, 2.24) is 15.0 Å². The van der Waals surface area contributed by atoms with Crippen LogP contribution in [0.4, 0.5) is 5.82 Å². The van der Waals surface area contributed by atoms with Crippen molar-refractivity contribution in [3.05, 3.63) is 23.0 Å². The largest absolute Gasteiger partial charge is 0.383 e. The predicted molar refractivity (Wildman–Crippen MR) is 69.4 cm³/mol. The van der Waals surface area contributed by atoms with E-state index in [2.05, 4.69) is 15.0 Å². The van der Waals surface area contributed by atoms with Crippen molar-refractivity contribution >= 4 is 28.9 Å². The maximum atomic E-state index is 5.93. The normalized spacial score (nSPS) is 15.1. The van der Waals surface area contributed by atoms with Gasteiger partial charge in [-0.15, -0.1) is 11.3 Å². The van der Waals surface area contributed by atoms with Crippen LogP contribution in [0.5, 0.6) is 0 Å². The lowest BCUT2D eigenvalue weighted by Gasteiger charge is -2.07. The highest BCUT2D eigenvalue weighted by Gasteiger charge is 2.28. The molecule has 0 unspecified atom stereocenters. The summed E-state index contributed by atoms with van der Waals surface area (Å²) in [4.78, 5) is 13.2. The van der Waals surface area contributed by atoms with Gasteiger partial charge in [-0.05, 0) is 31.5 Å². The number of nitrogen functional groups attached to an aromatic ring is 1. The third-order valence-electron chi connectivity index (χ3n) is 2.69. The van der Waals surface area contributed by atoms with Crippen molar-refractivity contribution in [2.24, 2.45) is 0 Å². The molecule has 4 nitrogen and oxygen atoms in total. The summed E-state index contributed by atoms with van der Waals surface area (Å²) >= 11 is 3.18. The molecule has 2 aromatic heterocycles. The molecule has 88 valence electrons. The van der Waals surface area contributed by atoms with Crippen molar-refractivity contribution in [3.8, 4) is 0 Å². The minimum atomic E-state index is 0.522. The summed E-state index contributed by atoms with van der Waals surface area (Å²) in [7, 11) is 0.